The fourth-order valence-corrected chi connectivity index (χ4v) is 4.07. The van der Waals surface area contributed by atoms with Crippen LogP contribution in [0.5, 0.6) is 0 Å². The number of rotatable bonds is 2. The maximum absolute atomic E-state index is 12.4. The number of aromatic nitrogens is 2. The molecule has 2 aliphatic heterocycles. The van der Waals surface area contributed by atoms with Gasteiger partial charge < -0.3 is 9.80 Å². The van der Waals surface area contributed by atoms with Gasteiger partial charge in [-0.25, -0.2) is 9.97 Å². The molecule has 0 aliphatic carbocycles. The van der Waals surface area contributed by atoms with Crippen molar-refractivity contribution in [1.29, 1.82) is 0 Å². The van der Waals surface area contributed by atoms with E-state index < -0.39 is 0 Å². The van der Waals surface area contributed by atoms with E-state index in [1.807, 2.05) is 41.0 Å². The van der Waals surface area contributed by atoms with Crippen LogP contribution in [0.2, 0.25) is 0 Å². The Balaban J connectivity index is 1.42. The molecule has 6 heteroatoms. The first-order valence-corrected chi connectivity index (χ1v) is 8.50. The number of carbonyl (C=O) groups is 1. The lowest BCUT2D eigenvalue weighted by Gasteiger charge is -2.21. The van der Waals surface area contributed by atoms with Crippen molar-refractivity contribution in [1.82, 2.24) is 14.9 Å². The number of fused-ring (bicyclic) bond motifs is 1. The molecule has 4 rings (SSSR count). The molecule has 4 heterocycles. The monoisotopic (exact) mass is 314 g/mol. The summed E-state index contributed by atoms with van der Waals surface area (Å²) < 4.78 is 0. The number of hydrogen-bond donors (Lipinski definition) is 0. The highest BCUT2D eigenvalue weighted by Crippen LogP contribution is 2.33. The number of anilines is 1. The van der Waals surface area contributed by atoms with Gasteiger partial charge in [-0.2, -0.15) is 11.3 Å². The Bertz CT molecular complexity index is 656. The predicted molar refractivity (Wildman–Crippen MR) is 86.2 cm³/mol. The van der Waals surface area contributed by atoms with E-state index in [0.717, 1.165) is 43.3 Å². The molecular weight excluding hydrogens is 296 g/mol. The van der Waals surface area contributed by atoms with Crippen LogP contribution in [0.25, 0.3) is 0 Å². The summed E-state index contributed by atoms with van der Waals surface area (Å²) in [6, 6.07) is 1.91. The Morgan fingerprint density at radius 1 is 1.18 bits per heavy atom. The Hall–Kier alpha value is -1.95. The molecule has 0 saturated carbocycles. The first kappa shape index (κ1) is 13.7. The van der Waals surface area contributed by atoms with E-state index in [0.29, 0.717) is 11.8 Å². The van der Waals surface area contributed by atoms with Crippen molar-refractivity contribution in [2.45, 2.75) is 6.92 Å². The lowest BCUT2D eigenvalue weighted by Crippen LogP contribution is -2.33. The minimum atomic E-state index is 0.175. The average Bonchev–Trinajstić information content (AvgIpc) is 3.23. The maximum Gasteiger partial charge on any atom is 0.254 e. The molecule has 5 nitrogen and oxygen atoms in total. The molecule has 2 atom stereocenters. The smallest absolute Gasteiger partial charge is 0.254 e. The highest BCUT2D eigenvalue weighted by Gasteiger charge is 2.42. The minimum Gasteiger partial charge on any atom is -0.340 e. The van der Waals surface area contributed by atoms with Crippen LogP contribution in [0.3, 0.4) is 0 Å². The number of nitrogens with zero attached hydrogens (tertiary/aromatic N) is 4. The highest BCUT2D eigenvalue weighted by molar-refractivity contribution is 7.08. The minimum absolute atomic E-state index is 0.175. The molecule has 2 aromatic heterocycles. The molecular formula is C16H18N4OS. The molecule has 114 valence electrons. The summed E-state index contributed by atoms with van der Waals surface area (Å²) >= 11 is 1.57. The van der Waals surface area contributed by atoms with Crippen molar-refractivity contribution in [2.24, 2.45) is 11.8 Å². The third kappa shape index (κ3) is 2.37. The van der Waals surface area contributed by atoms with Crippen molar-refractivity contribution in [3.8, 4) is 0 Å². The van der Waals surface area contributed by atoms with E-state index in [9.17, 15) is 4.79 Å². The summed E-state index contributed by atoms with van der Waals surface area (Å²) in [5.41, 5.74) is 1.90. The molecule has 2 saturated heterocycles. The van der Waals surface area contributed by atoms with Crippen LogP contribution in [0.15, 0.2) is 29.2 Å². The van der Waals surface area contributed by atoms with Gasteiger partial charge in [-0.3, -0.25) is 4.79 Å². The standard InChI is InChI=1S/C16H18N4OS/c1-11-4-17-16(18-5-11)20-8-13-6-19(7-14(13)9-20)15(21)12-2-3-22-10-12/h2-5,10,13-14H,6-9H2,1H3/t13-,14+. The Kier molecular flexibility index (Phi) is 3.33. The van der Waals surface area contributed by atoms with Crippen LogP contribution in [-0.4, -0.2) is 47.0 Å². The van der Waals surface area contributed by atoms with Gasteiger partial charge in [0.15, 0.2) is 0 Å². The van der Waals surface area contributed by atoms with Gasteiger partial charge in [0.05, 0.1) is 5.56 Å². The van der Waals surface area contributed by atoms with Crippen LogP contribution >= 0.6 is 11.3 Å². The summed E-state index contributed by atoms with van der Waals surface area (Å²) in [6.07, 6.45) is 3.73. The molecule has 2 fully saturated rings. The van der Waals surface area contributed by atoms with Crippen molar-refractivity contribution in [3.05, 3.63) is 40.3 Å². The second-order valence-corrected chi connectivity index (χ2v) is 6.99. The van der Waals surface area contributed by atoms with E-state index in [-0.39, 0.29) is 5.91 Å². The highest BCUT2D eigenvalue weighted by atomic mass is 32.1. The Labute approximate surface area is 133 Å². The second kappa shape index (κ2) is 5.35. The van der Waals surface area contributed by atoms with Crippen LogP contribution in [0, 0.1) is 18.8 Å². The zero-order valence-corrected chi connectivity index (χ0v) is 13.3. The Morgan fingerprint density at radius 3 is 2.45 bits per heavy atom. The molecule has 0 N–H and O–H groups in total. The van der Waals surface area contributed by atoms with E-state index in [2.05, 4.69) is 14.9 Å². The summed E-state index contributed by atoms with van der Waals surface area (Å²) in [6.45, 7) is 5.59. The quantitative estimate of drug-likeness (QED) is 0.851. The average molecular weight is 314 g/mol. The molecule has 0 unspecified atom stereocenters. The van der Waals surface area contributed by atoms with Crippen molar-refractivity contribution in [2.75, 3.05) is 31.1 Å². The number of thiophene rings is 1. The molecule has 0 spiro atoms. The summed E-state index contributed by atoms with van der Waals surface area (Å²) in [7, 11) is 0. The summed E-state index contributed by atoms with van der Waals surface area (Å²) in [5, 5.41) is 3.89. The van der Waals surface area contributed by atoms with Crippen molar-refractivity contribution >= 4 is 23.2 Å². The van der Waals surface area contributed by atoms with Crippen molar-refractivity contribution < 1.29 is 4.79 Å². The number of likely N-dealkylation sites (tertiary alicyclic amines) is 1. The first-order valence-electron chi connectivity index (χ1n) is 7.56. The van der Waals surface area contributed by atoms with Gasteiger partial charge in [0.1, 0.15) is 0 Å². The fraction of sp³-hybridized carbons (Fsp3) is 0.438. The van der Waals surface area contributed by atoms with E-state index in [1.165, 1.54) is 0 Å². The second-order valence-electron chi connectivity index (χ2n) is 6.21. The van der Waals surface area contributed by atoms with Gasteiger partial charge in [-0.05, 0) is 23.9 Å². The van der Waals surface area contributed by atoms with E-state index >= 15 is 0 Å². The van der Waals surface area contributed by atoms with Gasteiger partial charge in [0, 0.05) is 55.8 Å². The molecule has 0 aromatic carbocycles. The molecule has 0 bridgehead atoms. The molecule has 0 radical (unpaired) electrons. The van der Waals surface area contributed by atoms with Gasteiger partial charge >= 0.3 is 0 Å². The number of aryl methyl sites for hydroxylation is 1. The molecule has 2 aliphatic rings. The van der Waals surface area contributed by atoms with Crippen molar-refractivity contribution in [3.63, 3.8) is 0 Å². The maximum atomic E-state index is 12.4. The summed E-state index contributed by atoms with van der Waals surface area (Å²) in [5.74, 6) is 2.06. The molecule has 2 aromatic rings. The fourth-order valence-electron chi connectivity index (χ4n) is 3.44. The lowest BCUT2D eigenvalue weighted by molar-refractivity contribution is 0.0783. The topological polar surface area (TPSA) is 49.3 Å². The third-order valence-electron chi connectivity index (χ3n) is 4.59. The number of amides is 1. The van der Waals surface area contributed by atoms with Crippen LogP contribution < -0.4 is 4.90 Å². The zero-order valence-electron chi connectivity index (χ0n) is 12.5. The molecule has 1 amide bonds. The van der Waals surface area contributed by atoms with Gasteiger partial charge in [0.2, 0.25) is 5.95 Å². The largest absolute Gasteiger partial charge is 0.340 e. The summed E-state index contributed by atoms with van der Waals surface area (Å²) in [4.78, 5) is 25.5. The normalized spacial score (nSPS) is 23.9. The Morgan fingerprint density at radius 2 is 1.86 bits per heavy atom. The first-order chi connectivity index (χ1) is 10.7. The van der Waals surface area contributed by atoms with Gasteiger partial charge in [0.25, 0.3) is 5.91 Å². The lowest BCUT2D eigenvalue weighted by atomic mass is 10.0. The number of hydrogen-bond acceptors (Lipinski definition) is 5. The third-order valence-corrected chi connectivity index (χ3v) is 5.27. The van der Waals surface area contributed by atoms with Gasteiger partial charge in [-0.15, -0.1) is 0 Å². The zero-order chi connectivity index (χ0) is 15.1. The van der Waals surface area contributed by atoms with E-state index in [1.54, 1.807) is 11.3 Å². The van der Waals surface area contributed by atoms with Crippen LogP contribution in [0.1, 0.15) is 15.9 Å². The number of carbonyl (C=O) groups excluding carboxylic acids is 1. The van der Waals surface area contributed by atoms with Crippen LogP contribution in [-0.2, 0) is 0 Å². The molecule has 22 heavy (non-hydrogen) atoms. The van der Waals surface area contributed by atoms with Crippen LogP contribution in [0.4, 0.5) is 5.95 Å². The van der Waals surface area contributed by atoms with Gasteiger partial charge in [-0.1, -0.05) is 0 Å². The predicted octanol–water partition coefficient (Wildman–Crippen LogP) is 2.05. The SMILES string of the molecule is Cc1cnc(N2C[C@H]3CN(C(=O)c4ccsc4)C[C@H]3C2)nc1. The van der Waals surface area contributed by atoms with E-state index in [4.69, 9.17) is 0 Å².